The minimum atomic E-state index is -3.95. The molecule has 0 aliphatic carbocycles. The van der Waals surface area contributed by atoms with Crippen LogP contribution in [0.2, 0.25) is 0 Å². The van der Waals surface area contributed by atoms with Crippen LogP contribution in [0.25, 0.3) is 0 Å². The molecular weight excluding hydrogens is 496 g/mol. The smallest absolute Gasteiger partial charge is 0.343 e. The molecule has 0 saturated carbocycles. The summed E-state index contributed by atoms with van der Waals surface area (Å²) >= 11 is 0. The van der Waals surface area contributed by atoms with Crippen LogP contribution in [0.4, 0.5) is 5.69 Å². The summed E-state index contributed by atoms with van der Waals surface area (Å²) in [6, 6.07) is 19.8. The molecule has 0 radical (unpaired) electrons. The third-order valence-electron chi connectivity index (χ3n) is 5.83. The van der Waals surface area contributed by atoms with Crippen molar-refractivity contribution in [2.75, 3.05) is 17.9 Å². The number of anilines is 1. The number of aryl methyl sites for hydroxylation is 1. The molecule has 0 unspecified atom stereocenters. The quantitative estimate of drug-likeness (QED) is 0.337. The van der Waals surface area contributed by atoms with E-state index in [9.17, 15) is 18.0 Å². The van der Waals surface area contributed by atoms with E-state index >= 15 is 0 Å². The normalized spacial score (nSPS) is 16.1. The second kappa shape index (κ2) is 10.6. The molecule has 194 valence electrons. The van der Waals surface area contributed by atoms with E-state index in [1.807, 2.05) is 13.0 Å². The number of rotatable bonds is 8. The van der Waals surface area contributed by atoms with E-state index in [1.165, 1.54) is 30.3 Å². The molecule has 0 fully saturated rings. The van der Waals surface area contributed by atoms with Gasteiger partial charge in [-0.1, -0.05) is 48.0 Å². The van der Waals surface area contributed by atoms with E-state index in [0.717, 1.165) is 5.56 Å². The molecule has 0 aromatic heterocycles. The van der Waals surface area contributed by atoms with E-state index in [-0.39, 0.29) is 35.1 Å². The Morgan fingerprint density at radius 2 is 1.57 bits per heavy atom. The second-order valence-electron chi connectivity index (χ2n) is 8.37. The molecule has 4 rings (SSSR count). The lowest BCUT2D eigenvalue weighted by atomic mass is 9.86. The van der Waals surface area contributed by atoms with E-state index in [4.69, 9.17) is 14.2 Å². The number of sulfonamides is 1. The first kappa shape index (κ1) is 26.2. The topological polar surface area (TPSA) is 120 Å². The molecule has 3 aromatic rings. The van der Waals surface area contributed by atoms with Gasteiger partial charge in [0.2, 0.25) is 5.54 Å². The first-order valence-electron chi connectivity index (χ1n) is 11.8. The Bertz CT molecular complexity index is 1370. The zero-order chi connectivity index (χ0) is 26.6. The first-order chi connectivity index (χ1) is 17.7. The minimum absolute atomic E-state index is 0.00755. The molecule has 0 bridgehead atoms. The summed E-state index contributed by atoms with van der Waals surface area (Å²) in [6.45, 7) is 5.12. The third kappa shape index (κ3) is 5.16. The zero-order valence-electron chi connectivity index (χ0n) is 20.7. The van der Waals surface area contributed by atoms with E-state index in [2.05, 4.69) is 10.0 Å². The van der Waals surface area contributed by atoms with Crippen molar-refractivity contribution in [3.05, 3.63) is 89.5 Å². The van der Waals surface area contributed by atoms with Gasteiger partial charge in [-0.15, -0.1) is 0 Å². The highest BCUT2D eigenvalue weighted by atomic mass is 32.2. The van der Waals surface area contributed by atoms with Gasteiger partial charge in [-0.2, -0.15) is 0 Å². The fraction of sp³-hybridized carbons (Fsp3) is 0.259. The molecule has 0 spiro atoms. The lowest BCUT2D eigenvalue weighted by molar-refractivity contribution is -0.170. The molecule has 0 amide bonds. The van der Waals surface area contributed by atoms with Gasteiger partial charge in [-0.05, 0) is 51.1 Å². The van der Waals surface area contributed by atoms with Crippen molar-refractivity contribution in [2.45, 2.75) is 37.4 Å². The number of hydrogen-bond acceptors (Lipinski definition) is 8. The maximum atomic E-state index is 13.4. The van der Waals surface area contributed by atoms with Crippen molar-refractivity contribution >= 4 is 27.6 Å². The molecule has 10 heteroatoms. The number of fused-ring (bicyclic) bond motifs is 1. The predicted octanol–water partition coefficient (Wildman–Crippen LogP) is 3.80. The summed E-state index contributed by atoms with van der Waals surface area (Å²) in [5.74, 6) is -1.58. The first-order valence-corrected chi connectivity index (χ1v) is 13.3. The molecule has 0 saturated heterocycles. The molecule has 1 atom stereocenters. The Balaban J connectivity index is 1.83. The number of ether oxygens (including phenoxy) is 3. The number of carbonyl (C=O) groups excluding carboxylic acids is 2. The van der Waals surface area contributed by atoms with E-state index in [0.29, 0.717) is 5.56 Å². The fourth-order valence-corrected chi connectivity index (χ4v) is 5.08. The van der Waals surface area contributed by atoms with Crippen LogP contribution in [0.1, 0.15) is 36.8 Å². The highest BCUT2D eigenvalue weighted by Gasteiger charge is 2.56. The van der Waals surface area contributed by atoms with Crippen molar-refractivity contribution in [1.29, 1.82) is 0 Å². The van der Waals surface area contributed by atoms with Crippen molar-refractivity contribution in [2.24, 2.45) is 0 Å². The lowest BCUT2D eigenvalue weighted by Crippen LogP contribution is -2.60. The average Bonchev–Trinajstić information content (AvgIpc) is 2.89. The van der Waals surface area contributed by atoms with Crippen LogP contribution in [-0.2, 0) is 34.6 Å². The molecule has 2 N–H and O–H groups in total. The van der Waals surface area contributed by atoms with Crippen molar-refractivity contribution < 1.29 is 32.2 Å². The Labute approximate surface area is 215 Å². The van der Waals surface area contributed by atoms with Crippen molar-refractivity contribution in [1.82, 2.24) is 5.32 Å². The van der Waals surface area contributed by atoms with E-state index in [1.54, 1.807) is 50.2 Å². The predicted molar refractivity (Wildman–Crippen MR) is 136 cm³/mol. The maximum absolute atomic E-state index is 13.4. The maximum Gasteiger partial charge on any atom is 0.343 e. The Morgan fingerprint density at radius 3 is 2.16 bits per heavy atom. The molecule has 3 aromatic carbocycles. The van der Waals surface area contributed by atoms with Crippen molar-refractivity contribution in [3.8, 4) is 5.75 Å². The SMILES string of the molecule is CCOC(=O)C1(C(=O)OCC)N[C@H](c2ccccc2)Oc2ccc(NS(=O)(=O)c3ccc(C)cc3)cc21. The third-order valence-corrected chi connectivity index (χ3v) is 7.22. The highest BCUT2D eigenvalue weighted by Crippen LogP contribution is 2.42. The average molecular weight is 525 g/mol. The summed E-state index contributed by atoms with van der Waals surface area (Å²) in [7, 11) is -3.95. The largest absolute Gasteiger partial charge is 0.471 e. The van der Waals surface area contributed by atoms with Gasteiger partial charge in [-0.25, -0.2) is 23.3 Å². The Hall–Kier alpha value is -3.89. The van der Waals surface area contributed by atoms with Gasteiger partial charge >= 0.3 is 11.9 Å². The van der Waals surface area contributed by atoms with Crippen LogP contribution in [0.3, 0.4) is 0 Å². The molecule has 1 aliphatic rings. The summed E-state index contributed by atoms with van der Waals surface area (Å²) in [5.41, 5.74) is -0.333. The molecule has 37 heavy (non-hydrogen) atoms. The van der Waals surface area contributed by atoms with Gasteiger partial charge < -0.3 is 14.2 Å². The summed E-state index contributed by atoms with van der Waals surface area (Å²) in [6.07, 6.45) is -0.891. The number of nitrogens with one attached hydrogen (secondary N) is 2. The van der Waals surface area contributed by atoms with Crippen LogP contribution < -0.4 is 14.8 Å². The number of hydrogen-bond donors (Lipinski definition) is 2. The standard InChI is InChI=1S/C27H28N2O7S/c1-4-34-25(30)27(26(31)35-5-2)22-17-20(29-37(32,33)21-14-11-18(3)12-15-21)13-16-23(22)36-24(28-27)19-9-7-6-8-10-19/h6-17,24,28-29H,4-5H2,1-3H3/t24-/m0/s1. The van der Waals surface area contributed by atoms with Gasteiger partial charge in [0.15, 0.2) is 6.23 Å². The van der Waals surface area contributed by atoms with Crippen LogP contribution in [0.5, 0.6) is 5.75 Å². The van der Waals surface area contributed by atoms with Gasteiger partial charge in [0.25, 0.3) is 10.0 Å². The monoisotopic (exact) mass is 524 g/mol. The van der Waals surface area contributed by atoms with Crippen LogP contribution in [0.15, 0.2) is 77.7 Å². The van der Waals surface area contributed by atoms with Crippen molar-refractivity contribution in [3.63, 3.8) is 0 Å². The van der Waals surface area contributed by atoms with Gasteiger partial charge in [0.1, 0.15) is 5.75 Å². The minimum Gasteiger partial charge on any atom is -0.471 e. The second-order valence-corrected chi connectivity index (χ2v) is 10.1. The Morgan fingerprint density at radius 1 is 0.946 bits per heavy atom. The van der Waals surface area contributed by atoms with E-state index < -0.39 is 33.7 Å². The molecular formula is C27H28N2O7S. The fourth-order valence-electron chi connectivity index (χ4n) is 4.03. The molecule has 1 heterocycles. The zero-order valence-corrected chi connectivity index (χ0v) is 21.5. The van der Waals surface area contributed by atoms with Crippen LogP contribution >= 0.6 is 0 Å². The lowest BCUT2D eigenvalue weighted by Gasteiger charge is -2.40. The number of benzene rings is 3. The molecule has 9 nitrogen and oxygen atoms in total. The van der Waals surface area contributed by atoms with Gasteiger partial charge in [0, 0.05) is 16.8 Å². The number of esters is 2. The summed E-state index contributed by atoms with van der Waals surface area (Å²) in [5, 5.41) is 2.99. The summed E-state index contributed by atoms with van der Waals surface area (Å²) in [4.78, 5) is 27.0. The Kier molecular flexibility index (Phi) is 7.51. The highest BCUT2D eigenvalue weighted by molar-refractivity contribution is 7.92. The summed E-state index contributed by atoms with van der Waals surface area (Å²) < 4.78 is 45.3. The van der Waals surface area contributed by atoms with Crippen LogP contribution in [0, 0.1) is 6.92 Å². The molecule has 1 aliphatic heterocycles. The van der Waals surface area contributed by atoms with Gasteiger partial charge in [0.05, 0.1) is 18.1 Å². The number of carbonyl (C=O) groups is 2. The van der Waals surface area contributed by atoms with Gasteiger partial charge in [-0.3, -0.25) is 4.72 Å². The van der Waals surface area contributed by atoms with Crippen LogP contribution in [-0.4, -0.2) is 33.6 Å².